The number of likely N-dealkylation sites (N-methyl/N-ethyl adjacent to an activating group) is 1. The number of aromatic nitrogens is 1. The number of likely N-dealkylation sites (tertiary alicyclic amines) is 1. The van der Waals surface area contributed by atoms with Crippen LogP contribution in [0.3, 0.4) is 0 Å². The highest BCUT2D eigenvalue weighted by molar-refractivity contribution is 5.98. The zero-order valence-corrected chi connectivity index (χ0v) is 17.4. The van der Waals surface area contributed by atoms with Crippen molar-refractivity contribution >= 4 is 10.8 Å². The molecular formula is C24H28N2O3. The number of ether oxygens (including phenoxy) is 2. The van der Waals surface area contributed by atoms with Crippen molar-refractivity contribution in [3.63, 3.8) is 0 Å². The first-order valence-corrected chi connectivity index (χ1v) is 10.1. The SMILES string of the molecule is COc1ccc2c(=O)n(C)c(COC3CCCN(C)C3)c(-c3ccccc3)c2c1. The molecule has 1 fully saturated rings. The highest BCUT2D eigenvalue weighted by Crippen LogP contribution is 2.33. The lowest BCUT2D eigenvalue weighted by molar-refractivity contribution is -0.00571. The second-order valence-electron chi connectivity index (χ2n) is 7.80. The second kappa shape index (κ2) is 8.39. The van der Waals surface area contributed by atoms with Gasteiger partial charge in [-0.05, 0) is 50.2 Å². The second-order valence-corrected chi connectivity index (χ2v) is 7.80. The molecule has 1 aromatic heterocycles. The van der Waals surface area contributed by atoms with Crippen LogP contribution >= 0.6 is 0 Å². The van der Waals surface area contributed by atoms with Gasteiger partial charge in [-0.3, -0.25) is 4.79 Å². The molecule has 1 aliphatic heterocycles. The summed E-state index contributed by atoms with van der Waals surface area (Å²) in [6.07, 6.45) is 2.38. The fraction of sp³-hybridized carbons (Fsp3) is 0.375. The number of fused-ring (bicyclic) bond motifs is 1. The Morgan fingerprint density at radius 3 is 2.59 bits per heavy atom. The molecule has 0 aliphatic carbocycles. The van der Waals surface area contributed by atoms with E-state index < -0.39 is 0 Å². The summed E-state index contributed by atoms with van der Waals surface area (Å²) < 4.78 is 13.5. The predicted molar refractivity (Wildman–Crippen MR) is 116 cm³/mol. The predicted octanol–water partition coefficient (Wildman–Crippen LogP) is 3.82. The van der Waals surface area contributed by atoms with Crippen LogP contribution in [0.2, 0.25) is 0 Å². The highest BCUT2D eigenvalue weighted by Gasteiger charge is 2.21. The Hall–Kier alpha value is -2.63. The normalized spacial score (nSPS) is 17.6. The van der Waals surface area contributed by atoms with Crippen LogP contribution in [0, 0.1) is 0 Å². The van der Waals surface area contributed by atoms with Gasteiger partial charge in [0.15, 0.2) is 0 Å². The highest BCUT2D eigenvalue weighted by atomic mass is 16.5. The van der Waals surface area contributed by atoms with Crippen molar-refractivity contribution in [2.45, 2.75) is 25.6 Å². The third-order valence-electron chi connectivity index (χ3n) is 5.82. The van der Waals surface area contributed by atoms with Gasteiger partial charge >= 0.3 is 0 Å². The van der Waals surface area contributed by atoms with Crippen molar-refractivity contribution in [1.82, 2.24) is 9.47 Å². The van der Waals surface area contributed by atoms with Gasteiger partial charge in [0.05, 0.1) is 25.5 Å². The van der Waals surface area contributed by atoms with Crippen molar-refractivity contribution in [3.8, 4) is 16.9 Å². The minimum Gasteiger partial charge on any atom is -0.497 e. The molecule has 3 aromatic rings. The summed E-state index contributed by atoms with van der Waals surface area (Å²) >= 11 is 0. The van der Waals surface area contributed by atoms with E-state index in [0.29, 0.717) is 12.0 Å². The van der Waals surface area contributed by atoms with Crippen molar-refractivity contribution in [2.75, 3.05) is 27.2 Å². The number of methoxy groups -OCH3 is 1. The Bertz CT molecular complexity index is 1060. The number of nitrogens with zero attached hydrogens (tertiary/aromatic N) is 2. The lowest BCUT2D eigenvalue weighted by Gasteiger charge is -2.30. The molecule has 0 bridgehead atoms. The zero-order valence-electron chi connectivity index (χ0n) is 17.4. The zero-order chi connectivity index (χ0) is 20.4. The summed E-state index contributed by atoms with van der Waals surface area (Å²) in [5.41, 5.74) is 2.99. The van der Waals surface area contributed by atoms with E-state index in [2.05, 4.69) is 24.1 Å². The Balaban J connectivity index is 1.85. The molecule has 2 heterocycles. The van der Waals surface area contributed by atoms with Gasteiger partial charge in [0.2, 0.25) is 0 Å². The Morgan fingerprint density at radius 1 is 1.07 bits per heavy atom. The first-order chi connectivity index (χ1) is 14.1. The van der Waals surface area contributed by atoms with Gasteiger partial charge in [0, 0.05) is 29.9 Å². The van der Waals surface area contributed by atoms with Crippen LogP contribution < -0.4 is 10.3 Å². The molecule has 1 saturated heterocycles. The average molecular weight is 392 g/mol. The van der Waals surface area contributed by atoms with Crippen LogP contribution in [0.25, 0.3) is 21.9 Å². The third kappa shape index (κ3) is 3.93. The third-order valence-corrected chi connectivity index (χ3v) is 5.82. The molecule has 0 N–H and O–H groups in total. The van der Waals surface area contributed by atoms with Crippen LogP contribution in [0.4, 0.5) is 0 Å². The van der Waals surface area contributed by atoms with Crippen molar-refractivity contribution in [1.29, 1.82) is 0 Å². The summed E-state index contributed by atoms with van der Waals surface area (Å²) in [4.78, 5) is 15.4. The van der Waals surface area contributed by atoms with E-state index in [9.17, 15) is 4.79 Å². The molecule has 4 rings (SSSR count). The fourth-order valence-corrected chi connectivity index (χ4v) is 4.22. The van der Waals surface area contributed by atoms with Gasteiger partial charge in [-0.25, -0.2) is 0 Å². The molecule has 0 saturated carbocycles. The first-order valence-electron chi connectivity index (χ1n) is 10.1. The monoisotopic (exact) mass is 392 g/mol. The van der Waals surface area contributed by atoms with E-state index in [1.165, 1.54) is 0 Å². The van der Waals surface area contributed by atoms with Crippen LogP contribution in [0.5, 0.6) is 5.75 Å². The minimum absolute atomic E-state index is 0.0123. The van der Waals surface area contributed by atoms with Crippen LogP contribution in [0.1, 0.15) is 18.5 Å². The summed E-state index contributed by atoms with van der Waals surface area (Å²) in [6, 6.07) is 15.9. The van der Waals surface area contributed by atoms with Crippen molar-refractivity contribution in [3.05, 3.63) is 64.6 Å². The average Bonchev–Trinajstić information content (AvgIpc) is 2.75. The lowest BCUT2D eigenvalue weighted by Crippen LogP contribution is -2.37. The van der Waals surface area contributed by atoms with E-state index in [-0.39, 0.29) is 11.7 Å². The van der Waals surface area contributed by atoms with Crippen molar-refractivity contribution in [2.24, 2.45) is 7.05 Å². The molecule has 0 spiro atoms. The molecule has 5 heteroatoms. The standard InChI is InChI=1S/C24H28N2O3/c1-25-13-7-10-19(15-25)29-16-22-23(17-8-5-4-6-9-17)21-14-18(28-3)11-12-20(21)24(27)26(22)2/h4-6,8-9,11-12,14,19H,7,10,13,15-16H2,1-3H3. The summed E-state index contributed by atoms with van der Waals surface area (Å²) in [6.45, 7) is 2.45. The molecule has 152 valence electrons. The van der Waals surface area contributed by atoms with E-state index in [1.807, 2.05) is 43.4 Å². The van der Waals surface area contributed by atoms with Gasteiger partial charge in [0.1, 0.15) is 5.75 Å². The van der Waals surface area contributed by atoms with Gasteiger partial charge in [-0.1, -0.05) is 30.3 Å². The van der Waals surface area contributed by atoms with E-state index in [1.54, 1.807) is 11.7 Å². The maximum absolute atomic E-state index is 13.1. The minimum atomic E-state index is -0.0123. The molecule has 29 heavy (non-hydrogen) atoms. The van der Waals surface area contributed by atoms with Crippen LogP contribution in [0.15, 0.2) is 53.3 Å². The summed E-state index contributed by atoms with van der Waals surface area (Å²) in [7, 11) is 5.61. The largest absolute Gasteiger partial charge is 0.497 e. The number of pyridine rings is 1. The number of benzene rings is 2. The number of hydrogen-bond donors (Lipinski definition) is 0. The van der Waals surface area contributed by atoms with Gasteiger partial charge in [-0.2, -0.15) is 0 Å². The Morgan fingerprint density at radius 2 is 1.86 bits per heavy atom. The molecule has 1 aliphatic rings. The Labute approximate surface area is 171 Å². The van der Waals surface area contributed by atoms with E-state index >= 15 is 0 Å². The first kappa shape index (κ1) is 19.7. The molecular weight excluding hydrogens is 364 g/mol. The fourth-order valence-electron chi connectivity index (χ4n) is 4.22. The van der Waals surface area contributed by atoms with Gasteiger partial charge in [0.25, 0.3) is 5.56 Å². The smallest absolute Gasteiger partial charge is 0.258 e. The maximum Gasteiger partial charge on any atom is 0.258 e. The number of hydrogen-bond acceptors (Lipinski definition) is 4. The van der Waals surface area contributed by atoms with Crippen molar-refractivity contribution < 1.29 is 9.47 Å². The number of piperidine rings is 1. The topological polar surface area (TPSA) is 43.7 Å². The summed E-state index contributed by atoms with van der Waals surface area (Å²) in [5.74, 6) is 0.740. The molecule has 2 aromatic carbocycles. The molecule has 1 atom stereocenters. The lowest BCUT2D eigenvalue weighted by atomic mass is 9.96. The van der Waals surface area contributed by atoms with Gasteiger partial charge in [-0.15, -0.1) is 0 Å². The molecule has 0 radical (unpaired) electrons. The number of rotatable bonds is 5. The maximum atomic E-state index is 13.1. The molecule has 5 nitrogen and oxygen atoms in total. The molecule has 0 amide bonds. The molecule has 1 unspecified atom stereocenters. The van der Waals surface area contributed by atoms with E-state index in [0.717, 1.165) is 53.9 Å². The van der Waals surface area contributed by atoms with Gasteiger partial charge < -0.3 is 18.9 Å². The van der Waals surface area contributed by atoms with E-state index in [4.69, 9.17) is 9.47 Å². The van der Waals surface area contributed by atoms with Crippen LogP contribution in [-0.4, -0.2) is 42.8 Å². The Kier molecular flexibility index (Phi) is 5.69. The quantitative estimate of drug-likeness (QED) is 0.662. The van der Waals surface area contributed by atoms with Crippen LogP contribution in [-0.2, 0) is 18.4 Å². The summed E-state index contributed by atoms with van der Waals surface area (Å²) in [5, 5.41) is 1.59.